The Morgan fingerprint density at radius 1 is 1.22 bits per heavy atom. The number of carbonyl (C=O) groups excluding carboxylic acids is 1. The van der Waals surface area contributed by atoms with E-state index in [9.17, 15) is 4.79 Å². The van der Waals surface area contributed by atoms with Crippen LogP contribution in [0.25, 0.3) is 0 Å². The molecule has 0 unspecified atom stereocenters. The number of hydrogen-bond donors (Lipinski definition) is 1. The first kappa shape index (κ1) is 14.6. The molecule has 3 heteroatoms. The molecule has 0 aromatic heterocycles. The first-order valence-electron chi connectivity index (χ1n) is 6.66. The standard InChI is InChI=1S/C15H23NO2/c1-3-13-9-6-7-10-14(13)16-12-8-4-5-11-15(17)18-2/h6-7,9-10,16H,3-5,8,11-12H2,1-2H3. The molecule has 0 fully saturated rings. The lowest BCUT2D eigenvalue weighted by atomic mass is 10.1. The topological polar surface area (TPSA) is 38.3 Å². The lowest BCUT2D eigenvalue weighted by molar-refractivity contribution is -0.140. The van der Waals surface area contributed by atoms with Crippen molar-refractivity contribution in [2.75, 3.05) is 19.0 Å². The van der Waals surface area contributed by atoms with Crippen molar-refractivity contribution in [3.8, 4) is 0 Å². The first-order valence-corrected chi connectivity index (χ1v) is 6.66. The summed E-state index contributed by atoms with van der Waals surface area (Å²) < 4.78 is 4.60. The van der Waals surface area contributed by atoms with E-state index in [0.29, 0.717) is 6.42 Å². The largest absolute Gasteiger partial charge is 0.469 e. The van der Waals surface area contributed by atoms with Gasteiger partial charge in [-0.1, -0.05) is 31.5 Å². The van der Waals surface area contributed by atoms with Crippen LogP contribution in [-0.2, 0) is 16.0 Å². The zero-order chi connectivity index (χ0) is 13.2. The van der Waals surface area contributed by atoms with E-state index in [4.69, 9.17) is 0 Å². The first-order chi connectivity index (χ1) is 8.77. The van der Waals surface area contributed by atoms with Gasteiger partial charge in [-0.05, 0) is 30.9 Å². The Kier molecular flexibility index (Phi) is 6.92. The second kappa shape index (κ2) is 8.56. The van der Waals surface area contributed by atoms with Crippen molar-refractivity contribution >= 4 is 11.7 Å². The third kappa shape index (κ3) is 5.21. The number of esters is 1. The molecule has 18 heavy (non-hydrogen) atoms. The maximum Gasteiger partial charge on any atom is 0.305 e. The number of anilines is 1. The Hall–Kier alpha value is -1.51. The fraction of sp³-hybridized carbons (Fsp3) is 0.533. The Balaban J connectivity index is 2.16. The van der Waals surface area contributed by atoms with Crippen LogP contribution in [0.4, 0.5) is 5.69 Å². The SMILES string of the molecule is CCc1ccccc1NCCCCCC(=O)OC. The van der Waals surface area contributed by atoms with Crippen LogP contribution in [0, 0.1) is 0 Å². The van der Waals surface area contributed by atoms with E-state index in [-0.39, 0.29) is 5.97 Å². The molecule has 0 atom stereocenters. The van der Waals surface area contributed by atoms with Crippen LogP contribution in [-0.4, -0.2) is 19.6 Å². The minimum atomic E-state index is -0.112. The summed E-state index contributed by atoms with van der Waals surface area (Å²) in [5.74, 6) is -0.112. The molecule has 0 saturated heterocycles. The monoisotopic (exact) mass is 249 g/mol. The smallest absolute Gasteiger partial charge is 0.305 e. The van der Waals surface area contributed by atoms with Crippen molar-refractivity contribution in [1.29, 1.82) is 0 Å². The number of unbranched alkanes of at least 4 members (excludes halogenated alkanes) is 2. The van der Waals surface area contributed by atoms with E-state index >= 15 is 0 Å². The second-order valence-electron chi connectivity index (χ2n) is 4.32. The van der Waals surface area contributed by atoms with Crippen molar-refractivity contribution in [2.24, 2.45) is 0 Å². The molecule has 0 aliphatic heterocycles. The zero-order valence-corrected chi connectivity index (χ0v) is 11.4. The van der Waals surface area contributed by atoms with Gasteiger partial charge in [0, 0.05) is 18.7 Å². The number of rotatable bonds is 8. The maximum absolute atomic E-state index is 10.9. The van der Waals surface area contributed by atoms with E-state index in [1.54, 1.807) is 0 Å². The molecule has 0 spiro atoms. The predicted molar refractivity (Wildman–Crippen MR) is 74.8 cm³/mol. The van der Waals surface area contributed by atoms with Crippen LogP contribution in [0.2, 0.25) is 0 Å². The Bertz CT molecular complexity index is 363. The third-order valence-electron chi connectivity index (χ3n) is 3.00. The van der Waals surface area contributed by atoms with Crippen molar-refractivity contribution in [2.45, 2.75) is 39.0 Å². The highest BCUT2D eigenvalue weighted by Gasteiger charge is 2.00. The zero-order valence-electron chi connectivity index (χ0n) is 11.4. The number of hydrogen-bond acceptors (Lipinski definition) is 3. The molecule has 0 radical (unpaired) electrons. The molecule has 0 bridgehead atoms. The van der Waals surface area contributed by atoms with Crippen LogP contribution in [0.1, 0.15) is 38.2 Å². The quantitative estimate of drug-likeness (QED) is 0.567. The highest BCUT2D eigenvalue weighted by atomic mass is 16.5. The Morgan fingerprint density at radius 2 is 2.00 bits per heavy atom. The molecular formula is C15H23NO2. The highest BCUT2D eigenvalue weighted by Crippen LogP contribution is 2.15. The van der Waals surface area contributed by atoms with Gasteiger partial charge in [0.25, 0.3) is 0 Å². The van der Waals surface area contributed by atoms with Gasteiger partial charge < -0.3 is 10.1 Å². The number of benzene rings is 1. The van der Waals surface area contributed by atoms with Crippen LogP contribution in [0.15, 0.2) is 24.3 Å². The van der Waals surface area contributed by atoms with Gasteiger partial charge in [-0.2, -0.15) is 0 Å². The third-order valence-corrected chi connectivity index (χ3v) is 3.00. The van der Waals surface area contributed by atoms with Gasteiger partial charge in [-0.15, -0.1) is 0 Å². The number of aryl methyl sites for hydroxylation is 1. The van der Waals surface area contributed by atoms with E-state index in [1.807, 2.05) is 0 Å². The molecular weight excluding hydrogens is 226 g/mol. The number of methoxy groups -OCH3 is 1. The molecule has 0 saturated carbocycles. The molecule has 0 heterocycles. The second-order valence-corrected chi connectivity index (χ2v) is 4.32. The summed E-state index contributed by atoms with van der Waals surface area (Å²) in [6.07, 6.45) is 4.61. The fourth-order valence-corrected chi connectivity index (χ4v) is 1.90. The lowest BCUT2D eigenvalue weighted by Crippen LogP contribution is -2.04. The summed E-state index contributed by atoms with van der Waals surface area (Å²) >= 11 is 0. The number of para-hydroxylation sites is 1. The fourth-order valence-electron chi connectivity index (χ4n) is 1.90. The summed E-state index contributed by atoms with van der Waals surface area (Å²) in [7, 11) is 1.44. The van der Waals surface area contributed by atoms with Gasteiger partial charge in [-0.25, -0.2) is 0 Å². The van der Waals surface area contributed by atoms with Gasteiger partial charge in [-0.3, -0.25) is 4.79 Å². The summed E-state index contributed by atoms with van der Waals surface area (Å²) in [6.45, 7) is 3.12. The molecule has 0 aliphatic carbocycles. The normalized spacial score (nSPS) is 10.1. The number of ether oxygens (including phenoxy) is 1. The van der Waals surface area contributed by atoms with Gasteiger partial charge in [0.05, 0.1) is 7.11 Å². The van der Waals surface area contributed by atoms with Crippen molar-refractivity contribution in [1.82, 2.24) is 0 Å². The minimum absolute atomic E-state index is 0.112. The average molecular weight is 249 g/mol. The average Bonchev–Trinajstić information content (AvgIpc) is 2.42. The van der Waals surface area contributed by atoms with Gasteiger partial charge >= 0.3 is 5.97 Å². The number of carbonyl (C=O) groups is 1. The maximum atomic E-state index is 10.9. The summed E-state index contributed by atoms with van der Waals surface area (Å²) in [4.78, 5) is 10.9. The molecule has 1 aromatic rings. The molecule has 3 nitrogen and oxygen atoms in total. The van der Waals surface area contributed by atoms with E-state index in [1.165, 1.54) is 18.4 Å². The Labute approximate surface area is 110 Å². The highest BCUT2D eigenvalue weighted by molar-refractivity contribution is 5.68. The molecule has 100 valence electrons. The summed E-state index contributed by atoms with van der Waals surface area (Å²) in [6, 6.07) is 8.39. The molecule has 0 aliphatic rings. The van der Waals surface area contributed by atoms with Crippen molar-refractivity contribution < 1.29 is 9.53 Å². The van der Waals surface area contributed by atoms with Crippen LogP contribution < -0.4 is 5.32 Å². The van der Waals surface area contributed by atoms with E-state index in [2.05, 4.69) is 41.2 Å². The van der Waals surface area contributed by atoms with Gasteiger partial charge in [0.1, 0.15) is 0 Å². The van der Waals surface area contributed by atoms with Gasteiger partial charge in [0.15, 0.2) is 0 Å². The molecule has 0 amide bonds. The minimum Gasteiger partial charge on any atom is -0.469 e. The van der Waals surface area contributed by atoms with Crippen LogP contribution in [0.3, 0.4) is 0 Å². The van der Waals surface area contributed by atoms with Crippen molar-refractivity contribution in [3.63, 3.8) is 0 Å². The molecule has 1 aromatic carbocycles. The van der Waals surface area contributed by atoms with Crippen LogP contribution in [0.5, 0.6) is 0 Å². The van der Waals surface area contributed by atoms with E-state index < -0.39 is 0 Å². The molecule has 1 rings (SSSR count). The van der Waals surface area contributed by atoms with Crippen molar-refractivity contribution in [3.05, 3.63) is 29.8 Å². The van der Waals surface area contributed by atoms with Gasteiger partial charge in [0.2, 0.25) is 0 Å². The summed E-state index contributed by atoms with van der Waals surface area (Å²) in [5, 5.41) is 3.45. The lowest BCUT2D eigenvalue weighted by Gasteiger charge is -2.10. The molecule has 1 N–H and O–H groups in total. The van der Waals surface area contributed by atoms with Crippen LogP contribution >= 0.6 is 0 Å². The van der Waals surface area contributed by atoms with E-state index in [0.717, 1.165) is 32.2 Å². The number of nitrogens with one attached hydrogen (secondary N) is 1. The summed E-state index contributed by atoms with van der Waals surface area (Å²) in [5.41, 5.74) is 2.58. The Morgan fingerprint density at radius 3 is 2.72 bits per heavy atom. The predicted octanol–water partition coefficient (Wildman–Crippen LogP) is 3.39.